The van der Waals surface area contributed by atoms with Gasteiger partial charge in [-0.15, -0.1) is 6.58 Å². The molecule has 76 valence electrons. The first-order valence-corrected chi connectivity index (χ1v) is 5.43. The summed E-state index contributed by atoms with van der Waals surface area (Å²) < 4.78 is 0. The number of rotatable bonds is 4. The Morgan fingerprint density at radius 3 is 1.83 bits per heavy atom. The molecule has 0 aliphatic rings. The van der Waals surface area contributed by atoms with E-state index in [1.54, 1.807) is 0 Å². The Bertz CT molecular complexity index is 55.1. The lowest BCUT2D eigenvalue weighted by atomic mass is 10.1. The average molecular weight is 172 g/mol. The third kappa shape index (κ3) is 22.6. The van der Waals surface area contributed by atoms with Crippen molar-refractivity contribution in [3.8, 4) is 0 Å². The van der Waals surface area contributed by atoms with Gasteiger partial charge in [0.15, 0.2) is 0 Å². The molecule has 0 aliphatic heterocycles. The molecule has 0 saturated heterocycles. The largest absolute Gasteiger partial charge is 0.103 e. The van der Waals surface area contributed by atoms with E-state index in [-0.39, 0.29) is 0 Å². The Labute approximate surface area is 80.1 Å². The molecule has 0 radical (unpaired) electrons. The van der Waals surface area contributed by atoms with Crippen molar-refractivity contribution in [2.45, 2.75) is 60.8 Å². The van der Waals surface area contributed by atoms with Crippen molar-refractivity contribution in [3.05, 3.63) is 12.7 Å². The quantitative estimate of drug-likeness (QED) is 0.520. The predicted molar refractivity (Wildman–Crippen MR) is 61.6 cm³/mol. The maximum absolute atomic E-state index is 3.71. The molecule has 0 nitrogen and oxygen atoms in total. The van der Waals surface area contributed by atoms with Gasteiger partial charge >= 0.3 is 0 Å². The van der Waals surface area contributed by atoms with Gasteiger partial charge in [0.05, 0.1) is 0 Å². The summed E-state index contributed by atoms with van der Waals surface area (Å²) in [5.41, 5.74) is 0. The van der Waals surface area contributed by atoms with E-state index in [1.165, 1.54) is 19.3 Å². The van der Waals surface area contributed by atoms with Crippen molar-refractivity contribution in [2.24, 2.45) is 5.92 Å². The summed E-state index contributed by atoms with van der Waals surface area (Å²) in [6.45, 7) is 16.1. The fourth-order valence-electron chi connectivity index (χ4n) is 0.644. The number of allylic oxidation sites excluding steroid dienone is 1. The molecular weight excluding hydrogens is 144 g/mol. The van der Waals surface area contributed by atoms with Crippen LogP contribution in [0.2, 0.25) is 0 Å². The van der Waals surface area contributed by atoms with E-state index in [0.717, 1.165) is 5.92 Å². The van der Waals surface area contributed by atoms with Gasteiger partial charge in [0, 0.05) is 0 Å². The van der Waals surface area contributed by atoms with Crippen LogP contribution in [0.4, 0.5) is 0 Å². The third-order valence-corrected chi connectivity index (χ3v) is 1.42. The van der Waals surface area contributed by atoms with Crippen LogP contribution in [0.5, 0.6) is 0 Å². The zero-order valence-electron chi connectivity index (χ0n) is 9.98. The molecule has 0 aromatic heterocycles. The molecule has 0 aromatic rings. The summed E-state index contributed by atoms with van der Waals surface area (Å²) in [6, 6.07) is 0. The summed E-state index contributed by atoms with van der Waals surface area (Å²) in [5.74, 6) is 0.718. The number of unbranched alkanes of at least 4 members (excludes halogenated alkanes) is 1. The van der Waals surface area contributed by atoms with Gasteiger partial charge in [-0.3, -0.25) is 0 Å². The summed E-state index contributed by atoms with van der Waals surface area (Å²) in [5, 5.41) is 0. The zero-order valence-corrected chi connectivity index (χ0v) is 9.98. The smallest absolute Gasteiger partial charge is 0.0265 e. The molecule has 0 spiro atoms. The minimum absolute atomic E-state index is 0.718. The lowest BCUT2D eigenvalue weighted by molar-refractivity contribution is 0.599. The Hall–Kier alpha value is -0.260. The Morgan fingerprint density at radius 1 is 1.17 bits per heavy atom. The second-order valence-corrected chi connectivity index (χ2v) is 2.36. The highest BCUT2D eigenvalue weighted by molar-refractivity contribution is 4.73. The van der Waals surface area contributed by atoms with Crippen LogP contribution in [0, 0.1) is 5.92 Å². The van der Waals surface area contributed by atoms with Crippen LogP contribution in [0.3, 0.4) is 0 Å². The van der Waals surface area contributed by atoms with Crippen LogP contribution in [-0.4, -0.2) is 0 Å². The van der Waals surface area contributed by atoms with Crippen LogP contribution >= 0.6 is 0 Å². The molecule has 0 rings (SSSR count). The predicted octanol–water partition coefficient (Wildman–Crippen LogP) is 5.05. The molecule has 0 saturated carbocycles. The van der Waals surface area contributed by atoms with Crippen molar-refractivity contribution in [2.75, 3.05) is 0 Å². The van der Waals surface area contributed by atoms with E-state index in [9.17, 15) is 0 Å². The van der Waals surface area contributed by atoms with Gasteiger partial charge in [-0.25, -0.2) is 0 Å². The molecule has 1 atom stereocenters. The topological polar surface area (TPSA) is 0 Å². The minimum Gasteiger partial charge on any atom is -0.103 e. The maximum atomic E-state index is 3.71. The van der Waals surface area contributed by atoms with Crippen molar-refractivity contribution in [1.29, 1.82) is 0 Å². The highest BCUT2D eigenvalue weighted by atomic mass is 14.0. The normalized spacial score (nSPS) is 9.83. The Balaban J connectivity index is -0.000000175. The number of hydrogen-bond acceptors (Lipinski definition) is 0. The van der Waals surface area contributed by atoms with E-state index in [2.05, 4.69) is 20.4 Å². The first kappa shape index (κ1) is 17.7. The lowest BCUT2D eigenvalue weighted by Crippen LogP contribution is -1.86. The fraction of sp³-hybridized carbons (Fsp3) is 0.833. The fourth-order valence-corrected chi connectivity index (χ4v) is 0.644. The molecular formula is C12H28. The number of hydrogen-bond donors (Lipinski definition) is 0. The zero-order chi connectivity index (χ0) is 10.4. The van der Waals surface area contributed by atoms with Crippen LogP contribution < -0.4 is 0 Å². The summed E-state index contributed by atoms with van der Waals surface area (Å²) in [4.78, 5) is 0. The van der Waals surface area contributed by atoms with Gasteiger partial charge in [0.2, 0.25) is 0 Å². The summed E-state index contributed by atoms with van der Waals surface area (Å²) in [7, 11) is 0. The van der Waals surface area contributed by atoms with Crippen molar-refractivity contribution in [1.82, 2.24) is 0 Å². The Morgan fingerprint density at radius 2 is 1.58 bits per heavy atom. The van der Waals surface area contributed by atoms with Crippen LogP contribution in [-0.2, 0) is 0 Å². The highest BCUT2D eigenvalue weighted by Gasteiger charge is 1.91. The van der Waals surface area contributed by atoms with Crippen molar-refractivity contribution in [3.63, 3.8) is 0 Å². The molecule has 0 bridgehead atoms. The Kier molecular flexibility index (Phi) is 33.1. The maximum Gasteiger partial charge on any atom is -0.0265 e. The second-order valence-electron chi connectivity index (χ2n) is 2.36. The summed E-state index contributed by atoms with van der Waals surface area (Å²) >= 11 is 0. The first-order chi connectivity index (χ1) is 5.81. The molecule has 1 unspecified atom stereocenters. The van der Waals surface area contributed by atoms with Gasteiger partial charge in [-0.1, -0.05) is 60.5 Å². The standard InChI is InChI=1S/C8H16.2C2H6/c1-4-6-7-8(3)5-2;2*1-2/h5,8H,2,4,6-7H2,1,3H3;2*1-2H3. The highest BCUT2D eigenvalue weighted by Crippen LogP contribution is 2.06. The van der Waals surface area contributed by atoms with Gasteiger partial charge in [0.1, 0.15) is 0 Å². The van der Waals surface area contributed by atoms with E-state index >= 15 is 0 Å². The van der Waals surface area contributed by atoms with Crippen LogP contribution in [0.15, 0.2) is 12.7 Å². The monoisotopic (exact) mass is 172 g/mol. The van der Waals surface area contributed by atoms with E-state index in [4.69, 9.17) is 0 Å². The van der Waals surface area contributed by atoms with Crippen molar-refractivity contribution < 1.29 is 0 Å². The molecule has 0 N–H and O–H groups in total. The van der Waals surface area contributed by atoms with Crippen molar-refractivity contribution >= 4 is 0 Å². The van der Waals surface area contributed by atoms with Gasteiger partial charge in [-0.2, -0.15) is 0 Å². The first-order valence-electron chi connectivity index (χ1n) is 5.43. The van der Waals surface area contributed by atoms with Crippen LogP contribution in [0.25, 0.3) is 0 Å². The average Bonchev–Trinajstić information content (AvgIpc) is 2.20. The van der Waals surface area contributed by atoms with Gasteiger partial charge < -0.3 is 0 Å². The molecule has 0 aliphatic carbocycles. The summed E-state index contributed by atoms with van der Waals surface area (Å²) in [6.07, 6.45) is 5.97. The SMILES string of the molecule is C=CC(C)CCCC.CC.CC. The minimum atomic E-state index is 0.718. The van der Waals surface area contributed by atoms with E-state index in [1.807, 2.05) is 33.8 Å². The third-order valence-electron chi connectivity index (χ3n) is 1.42. The molecule has 0 heteroatoms. The van der Waals surface area contributed by atoms with E-state index < -0.39 is 0 Å². The molecule has 0 fully saturated rings. The van der Waals surface area contributed by atoms with Crippen LogP contribution in [0.1, 0.15) is 60.8 Å². The second kappa shape index (κ2) is 22.4. The van der Waals surface area contributed by atoms with Gasteiger partial charge in [0.25, 0.3) is 0 Å². The molecule has 0 heterocycles. The van der Waals surface area contributed by atoms with E-state index in [0.29, 0.717) is 0 Å². The molecule has 0 amide bonds. The molecule has 12 heavy (non-hydrogen) atoms. The van der Waals surface area contributed by atoms with Gasteiger partial charge in [-0.05, 0) is 12.3 Å². The molecule has 0 aromatic carbocycles. The lowest BCUT2D eigenvalue weighted by Gasteiger charge is -2.00.